The van der Waals surface area contributed by atoms with Crippen molar-refractivity contribution in [3.8, 4) is 0 Å². The van der Waals surface area contributed by atoms with E-state index in [0.717, 1.165) is 5.69 Å². The summed E-state index contributed by atoms with van der Waals surface area (Å²) in [5.74, 6) is -2.89. The Labute approximate surface area is 135 Å². The predicted molar refractivity (Wildman–Crippen MR) is 83.4 cm³/mol. The quantitative estimate of drug-likeness (QED) is 0.624. The van der Waals surface area contributed by atoms with Crippen LogP contribution < -0.4 is 5.14 Å². The standard InChI is InChI=1S/C14H19BrF2N2OS/c1-13(2,21(18)20)8-10(9-6-14(16,17)7-9)11-4-3-5-12(15)19-11/h3-5,9-10H,6-8,18H2,1-2H3/t10-,21?/m0/s1. The van der Waals surface area contributed by atoms with E-state index in [0.29, 0.717) is 11.0 Å². The smallest absolute Gasteiger partial charge is 0.248 e. The van der Waals surface area contributed by atoms with E-state index in [4.69, 9.17) is 5.14 Å². The van der Waals surface area contributed by atoms with E-state index >= 15 is 0 Å². The third kappa shape index (κ3) is 4.15. The van der Waals surface area contributed by atoms with Crippen LogP contribution >= 0.6 is 15.9 Å². The molecule has 1 fully saturated rings. The number of rotatable bonds is 5. The van der Waals surface area contributed by atoms with E-state index < -0.39 is 22.0 Å². The molecule has 21 heavy (non-hydrogen) atoms. The zero-order valence-corrected chi connectivity index (χ0v) is 14.4. The molecule has 1 aliphatic rings. The van der Waals surface area contributed by atoms with E-state index in [2.05, 4.69) is 20.9 Å². The second kappa shape index (κ2) is 6.10. The third-order valence-electron chi connectivity index (χ3n) is 4.06. The van der Waals surface area contributed by atoms with Gasteiger partial charge in [-0.1, -0.05) is 6.07 Å². The largest absolute Gasteiger partial charge is 0.598 e. The van der Waals surface area contributed by atoms with Crippen LogP contribution in [-0.2, 0) is 11.4 Å². The molecule has 1 aliphatic carbocycles. The van der Waals surface area contributed by atoms with Gasteiger partial charge in [0.05, 0.1) is 0 Å². The lowest BCUT2D eigenvalue weighted by atomic mass is 9.69. The van der Waals surface area contributed by atoms with Gasteiger partial charge in [-0.05, 0) is 47.8 Å². The number of aromatic nitrogens is 1. The second-order valence-corrected chi connectivity index (χ2v) is 8.79. The Balaban J connectivity index is 2.23. The van der Waals surface area contributed by atoms with Crippen molar-refractivity contribution in [3.63, 3.8) is 0 Å². The highest BCUT2D eigenvalue weighted by molar-refractivity contribution is 9.10. The summed E-state index contributed by atoms with van der Waals surface area (Å²) in [6.45, 7) is 3.59. The van der Waals surface area contributed by atoms with Gasteiger partial charge in [-0.2, -0.15) is 5.14 Å². The van der Waals surface area contributed by atoms with Crippen LogP contribution in [-0.4, -0.2) is 20.2 Å². The molecule has 118 valence electrons. The third-order valence-corrected chi connectivity index (χ3v) is 5.76. The van der Waals surface area contributed by atoms with Crippen LogP contribution in [0.25, 0.3) is 0 Å². The maximum absolute atomic E-state index is 13.2. The van der Waals surface area contributed by atoms with Crippen LogP contribution in [0.5, 0.6) is 0 Å². The maximum atomic E-state index is 13.2. The average molecular weight is 381 g/mol. The summed E-state index contributed by atoms with van der Waals surface area (Å²) >= 11 is 1.79. The summed E-state index contributed by atoms with van der Waals surface area (Å²) in [4.78, 5) is 4.40. The van der Waals surface area contributed by atoms with E-state index in [1.165, 1.54) is 0 Å². The van der Waals surface area contributed by atoms with Crippen molar-refractivity contribution in [2.75, 3.05) is 0 Å². The number of pyridine rings is 1. The SMILES string of the molecule is CC(C)(C[C@H](c1cccc(Br)n1)C1CC(F)(F)C1)[S+](N)[O-]. The lowest BCUT2D eigenvalue weighted by molar-refractivity contribution is -0.118. The molecular weight excluding hydrogens is 362 g/mol. The van der Waals surface area contributed by atoms with Crippen LogP contribution in [0.1, 0.15) is 44.7 Å². The molecular formula is C14H19BrF2N2OS. The fraction of sp³-hybridized carbons (Fsp3) is 0.643. The Hall–Kier alpha value is -0.240. The fourth-order valence-electron chi connectivity index (χ4n) is 2.75. The fourth-order valence-corrected chi connectivity index (χ4v) is 3.45. The second-order valence-electron chi connectivity index (χ2n) is 6.28. The molecule has 0 aliphatic heterocycles. The van der Waals surface area contributed by atoms with Crippen molar-refractivity contribution in [3.05, 3.63) is 28.5 Å². The minimum Gasteiger partial charge on any atom is -0.598 e. The first-order chi connectivity index (χ1) is 9.61. The summed E-state index contributed by atoms with van der Waals surface area (Å²) in [5.41, 5.74) is 0.753. The van der Waals surface area contributed by atoms with Crippen molar-refractivity contribution < 1.29 is 13.3 Å². The summed E-state index contributed by atoms with van der Waals surface area (Å²) in [6.07, 6.45) is 0.193. The summed E-state index contributed by atoms with van der Waals surface area (Å²) in [5, 5.41) is 5.53. The minimum atomic E-state index is -2.58. The molecule has 3 nitrogen and oxygen atoms in total. The van der Waals surface area contributed by atoms with Gasteiger partial charge in [-0.15, -0.1) is 0 Å². The maximum Gasteiger partial charge on any atom is 0.248 e. The van der Waals surface area contributed by atoms with Crippen LogP contribution in [0.2, 0.25) is 0 Å². The topological polar surface area (TPSA) is 62.0 Å². The molecule has 0 saturated heterocycles. The molecule has 2 N–H and O–H groups in total. The summed E-state index contributed by atoms with van der Waals surface area (Å²) in [7, 11) is 0. The average Bonchev–Trinajstić information content (AvgIpc) is 2.33. The normalized spacial score (nSPS) is 21.7. The number of hydrogen-bond donors (Lipinski definition) is 1. The summed E-state index contributed by atoms with van der Waals surface area (Å²) < 4.78 is 38.1. The van der Waals surface area contributed by atoms with Gasteiger partial charge < -0.3 is 4.55 Å². The van der Waals surface area contributed by atoms with Gasteiger partial charge in [-0.3, -0.25) is 0 Å². The predicted octanol–water partition coefficient (Wildman–Crippen LogP) is 3.76. The Morgan fingerprint density at radius 1 is 1.52 bits per heavy atom. The molecule has 2 rings (SSSR count). The molecule has 1 saturated carbocycles. The molecule has 7 heteroatoms. The van der Waals surface area contributed by atoms with Crippen molar-refractivity contribution in [2.45, 2.75) is 49.7 Å². The minimum absolute atomic E-state index is 0.140. The van der Waals surface area contributed by atoms with Gasteiger partial charge in [0.1, 0.15) is 9.35 Å². The monoisotopic (exact) mass is 380 g/mol. The molecule has 1 aromatic rings. The van der Waals surface area contributed by atoms with Crippen molar-refractivity contribution >= 4 is 27.3 Å². The van der Waals surface area contributed by atoms with Crippen molar-refractivity contribution in [1.29, 1.82) is 0 Å². The zero-order chi connectivity index (χ0) is 15.8. The number of nitrogens with zero attached hydrogens (tertiary/aromatic N) is 1. The first-order valence-electron chi connectivity index (χ1n) is 6.77. The highest BCUT2D eigenvalue weighted by Crippen LogP contribution is 2.51. The molecule has 0 amide bonds. The van der Waals surface area contributed by atoms with E-state index in [1.54, 1.807) is 19.9 Å². The number of nitrogens with two attached hydrogens (primary N) is 1. The van der Waals surface area contributed by atoms with Gasteiger partial charge in [0.25, 0.3) is 0 Å². The Morgan fingerprint density at radius 2 is 2.14 bits per heavy atom. The van der Waals surface area contributed by atoms with Gasteiger partial charge in [-0.25, -0.2) is 13.8 Å². The Bertz CT molecular complexity index is 506. The van der Waals surface area contributed by atoms with Crippen LogP contribution in [0.3, 0.4) is 0 Å². The van der Waals surface area contributed by atoms with Crippen LogP contribution in [0.4, 0.5) is 8.78 Å². The van der Waals surface area contributed by atoms with E-state index in [-0.39, 0.29) is 24.7 Å². The number of halogens is 3. The highest BCUT2D eigenvalue weighted by Gasteiger charge is 2.51. The Morgan fingerprint density at radius 3 is 2.62 bits per heavy atom. The molecule has 0 radical (unpaired) electrons. The van der Waals surface area contributed by atoms with E-state index in [9.17, 15) is 13.3 Å². The number of hydrogen-bond acceptors (Lipinski definition) is 3. The van der Waals surface area contributed by atoms with Crippen molar-refractivity contribution in [1.82, 2.24) is 4.98 Å². The Kier molecular flexibility index (Phi) is 4.97. The van der Waals surface area contributed by atoms with Crippen molar-refractivity contribution in [2.24, 2.45) is 11.1 Å². The van der Waals surface area contributed by atoms with Gasteiger partial charge in [0, 0.05) is 42.2 Å². The molecule has 2 atom stereocenters. The molecule has 1 heterocycles. The molecule has 1 unspecified atom stereocenters. The zero-order valence-electron chi connectivity index (χ0n) is 12.0. The molecule has 0 aromatic carbocycles. The van der Waals surface area contributed by atoms with Gasteiger partial charge in [0.2, 0.25) is 5.92 Å². The molecule has 0 bridgehead atoms. The first kappa shape index (κ1) is 17.1. The summed E-state index contributed by atoms with van der Waals surface area (Å²) in [6, 6.07) is 5.46. The van der Waals surface area contributed by atoms with Crippen LogP contribution in [0, 0.1) is 5.92 Å². The van der Waals surface area contributed by atoms with E-state index in [1.807, 2.05) is 12.1 Å². The lowest BCUT2D eigenvalue weighted by Crippen LogP contribution is -2.44. The highest BCUT2D eigenvalue weighted by atomic mass is 79.9. The molecule has 0 spiro atoms. The lowest BCUT2D eigenvalue weighted by Gasteiger charge is -2.42. The van der Waals surface area contributed by atoms with Gasteiger partial charge in [0.15, 0.2) is 0 Å². The number of alkyl halides is 2. The first-order valence-corrected chi connectivity index (χ1v) is 8.78. The van der Waals surface area contributed by atoms with Gasteiger partial charge >= 0.3 is 0 Å². The molecule has 1 aromatic heterocycles. The van der Waals surface area contributed by atoms with Crippen LogP contribution in [0.15, 0.2) is 22.8 Å².